The number of hydrogen-bond acceptors (Lipinski definition) is 2. The third-order valence-corrected chi connectivity index (χ3v) is 4.45. The topological polar surface area (TPSA) is 29.9 Å². The standard InChI is InChI=1S/C17H23N3/c1-13-7-8-16(15-6-4-3-5-14(13)15)18-10-9-17-19-11-12-20(17)2/h3-6,11-13,16,18H,7-10H2,1-2H3. The molecule has 106 valence electrons. The molecular formula is C17H23N3. The Morgan fingerprint density at radius 1 is 1.25 bits per heavy atom. The second-order valence-corrected chi connectivity index (χ2v) is 5.82. The number of nitrogens with one attached hydrogen (secondary N) is 1. The Kier molecular flexibility index (Phi) is 3.88. The van der Waals surface area contributed by atoms with E-state index in [2.05, 4.69) is 53.1 Å². The van der Waals surface area contributed by atoms with Crippen LogP contribution in [0.25, 0.3) is 0 Å². The van der Waals surface area contributed by atoms with Crippen molar-refractivity contribution in [2.45, 2.75) is 38.1 Å². The van der Waals surface area contributed by atoms with Gasteiger partial charge in [0.1, 0.15) is 5.82 Å². The Labute approximate surface area is 121 Å². The summed E-state index contributed by atoms with van der Waals surface area (Å²) in [5, 5.41) is 3.71. The molecule has 0 radical (unpaired) electrons. The van der Waals surface area contributed by atoms with Crippen molar-refractivity contribution in [1.29, 1.82) is 0 Å². The molecule has 0 amide bonds. The normalized spacial score (nSPS) is 21.7. The van der Waals surface area contributed by atoms with Gasteiger partial charge in [0.2, 0.25) is 0 Å². The Hall–Kier alpha value is -1.61. The first-order valence-corrected chi connectivity index (χ1v) is 7.54. The van der Waals surface area contributed by atoms with Gasteiger partial charge in [-0.1, -0.05) is 31.2 Å². The molecule has 3 nitrogen and oxygen atoms in total. The number of aromatic nitrogens is 2. The summed E-state index contributed by atoms with van der Waals surface area (Å²) < 4.78 is 2.10. The largest absolute Gasteiger partial charge is 0.338 e. The van der Waals surface area contributed by atoms with Gasteiger partial charge in [-0.25, -0.2) is 4.98 Å². The van der Waals surface area contributed by atoms with Crippen molar-refractivity contribution in [2.75, 3.05) is 6.54 Å². The summed E-state index contributed by atoms with van der Waals surface area (Å²) in [5.74, 6) is 1.84. The fraction of sp³-hybridized carbons (Fsp3) is 0.471. The zero-order valence-electron chi connectivity index (χ0n) is 12.3. The highest BCUT2D eigenvalue weighted by Crippen LogP contribution is 2.36. The molecule has 1 aromatic carbocycles. The lowest BCUT2D eigenvalue weighted by atomic mass is 9.81. The monoisotopic (exact) mass is 269 g/mol. The molecule has 0 bridgehead atoms. The molecule has 3 rings (SSSR count). The molecule has 2 aromatic rings. The van der Waals surface area contributed by atoms with E-state index in [1.807, 2.05) is 12.4 Å². The highest BCUT2D eigenvalue weighted by molar-refractivity contribution is 5.34. The van der Waals surface area contributed by atoms with Gasteiger partial charge in [-0.15, -0.1) is 0 Å². The molecule has 0 aliphatic heterocycles. The molecule has 2 atom stereocenters. The molecular weight excluding hydrogens is 246 g/mol. The first-order valence-electron chi connectivity index (χ1n) is 7.54. The van der Waals surface area contributed by atoms with Crippen LogP contribution >= 0.6 is 0 Å². The average Bonchev–Trinajstić information content (AvgIpc) is 2.87. The number of nitrogens with zero attached hydrogens (tertiary/aromatic N) is 2. The SMILES string of the molecule is CC1CCC(NCCc2nccn2C)c2ccccc21. The smallest absolute Gasteiger partial charge is 0.109 e. The van der Waals surface area contributed by atoms with Gasteiger partial charge < -0.3 is 9.88 Å². The minimum Gasteiger partial charge on any atom is -0.338 e. The fourth-order valence-corrected chi connectivity index (χ4v) is 3.21. The van der Waals surface area contributed by atoms with Crippen LogP contribution in [0.15, 0.2) is 36.7 Å². The van der Waals surface area contributed by atoms with E-state index in [1.165, 1.54) is 24.0 Å². The maximum absolute atomic E-state index is 4.38. The van der Waals surface area contributed by atoms with Crippen molar-refractivity contribution in [3.05, 3.63) is 53.6 Å². The Bertz CT molecular complexity index is 573. The van der Waals surface area contributed by atoms with Crippen molar-refractivity contribution < 1.29 is 0 Å². The van der Waals surface area contributed by atoms with Crippen LogP contribution in [0.4, 0.5) is 0 Å². The number of aryl methyl sites for hydroxylation is 1. The molecule has 1 aromatic heterocycles. The van der Waals surface area contributed by atoms with Crippen molar-refractivity contribution in [1.82, 2.24) is 14.9 Å². The van der Waals surface area contributed by atoms with E-state index in [1.54, 1.807) is 0 Å². The Morgan fingerprint density at radius 2 is 2.05 bits per heavy atom. The molecule has 0 fully saturated rings. The predicted molar refractivity (Wildman–Crippen MR) is 81.7 cm³/mol. The van der Waals surface area contributed by atoms with Crippen molar-refractivity contribution >= 4 is 0 Å². The lowest BCUT2D eigenvalue weighted by molar-refractivity contribution is 0.432. The number of imidazole rings is 1. The Morgan fingerprint density at radius 3 is 2.80 bits per heavy atom. The van der Waals surface area contributed by atoms with E-state index >= 15 is 0 Å². The van der Waals surface area contributed by atoms with Crippen LogP contribution in [-0.4, -0.2) is 16.1 Å². The van der Waals surface area contributed by atoms with Crippen LogP contribution in [0.1, 0.15) is 48.7 Å². The van der Waals surface area contributed by atoms with E-state index < -0.39 is 0 Å². The van der Waals surface area contributed by atoms with Gasteiger partial charge in [-0.05, 0) is 29.9 Å². The third-order valence-electron chi connectivity index (χ3n) is 4.45. The van der Waals surface area contributed by atoms with Crippen LogP contribution in [0.5, 0.6) is 0 Å². The first kappa shape index (κ1) is 13.4. The fourth-order valence-electron chi connectivity index (χ4n) is 3.21. The maximum atomic E-state index is 4.38. The number of hydrogen-bond donors (Lipinski definition) is 1. The highest BCUT2D eigenvalue weighted by atomic mass is 15.0. The minimum atomic E-state index is 0.502. The summed E-state index contributed by atoms with van der Waals surface area (Å²) in [6, 6.07) is 9.38. The van der Waals surface area contributed by atoms with Gasteiger partial charge in [0.05, 0.1) is 0 Å². The second kappa shape index (κ2) is 5.80. The van der Waals surface area contributed by atoms with Gasteiger partial charge >= 0.3 is 0 Å². The molecule has 0 saturated carbocycles. The summed E-state index contributed by atoms with van der Waals surface area (Å²) in [6.07, 6.45) is 7.37. The average molecular weight is 269 g/mol. The molecule has 1 heterocycles. The first-order chi connectivity index (χ1) is 9.75. The molecule has 0 spiro atoms. The van der Waals surface area contributed by atoms with Gasteiger partial charge in [0.15, 0.2) is 0 Å². The maximum Gasteiger partial charge on any atom is 0.109 e. The molecule has 3 heteroatoms. The van der Waals surface area contributed by atoms with E-state index in [0.717, 1.165) is 18.8 Å². The number of rotatable bonds is 4. The van der Waals surface area contributed by atoms with E-state index in [0.29, 0.717) is 12.0 Å². The van der Waals surface area contributed by atoms with Crippen molar-refractivity contribution in [2.24, 2.45) is 7.05 Å². The van der Waals surface area contributed by atoms with Crippen molar-refractivity contribution in [3.8, 4) is 0 Å². The summed E-state index contributed by atoms with van der Waals surface area (Å²) in [7, 11) is 2.06. The summed E-state index contributed by atoms with van der Waals surface area (Å²) in [4.78, 5) is 4.38. The van der Waals surface area contributed by atoms with Crippen LogP contribution in [0, 0.1) is 0 Å². The summed E-state index contributed by atoms with van der Waals surface area (Å²) in [5.41, 5.74) is 3.01. The van der Waals surface area contributed by atoms with Gasteiger partial charge in [-0.2, -0.15) is 0 Å². The van der Waals surface area contributed by atoms with Gasteiger partial charge in [0, 0.05) is 38.4 Å². The van der Waals surface area contributed by atoms with Gasteiger partial charge in [0.25, 0.3) is 0 Å². The summed E-state index contributed by atoms with van der Waals surface area (Å²) >= 11 is 0. The lowest BCUT2D eigenvalue weighted by Gasteiger charge is -2.30. The van der Waals surface area contributed by atoms with E-state index in [-0.39, 0.29) is 0 Å². The number of benzene rings is 1. The molecule has 0 saturated heterocycles. The zero-order valence-corrected chi connectivity index (χ0v) is 12.3. The quantitative estimate of drug-likeness (QED) is 0.924. The summed E-state index contributed by atoms with van der Waals surface area (Å²) in [6.45, 7) is 3.32. The van der Waals surface area contributed by atoms with Crippen LogP contribution in [0.2, 0.25) is 0 Å². The second-order valence-electron chi connectivity index (χ2n) is 5.82. The van der Waals surface area contributed by atoms with Crippen molar-refractivity contribution in [3.63, 3.8) is 0 Å². The van der Waals surface area contributed by atoms with Crippen LogP contribution in [-0.2, 0) is 13.5 Å². The number of fused-ring (bicyclic) bond motifs is 1. The Balaban J connectivity index is 1.64. The van der Waals surface area contributed by atoms with Crippen LogP contribution < -0.4 is 5.32 Å². The molecule has 1 N–H and O–H groups in total. The lowest BCUT2D eigenvalue weighted by Crippen LogP contribution is -2.28. The minimum absolute atomic E-state index is 0.502. The molecule has 1 aliphatic rings. The van der Waals surface area contributed by atoms with E-state index in [4.69, 9.17) is 0 Å². The zero-order chi connectivity index (χ0) is 13.9. The molecule has 2 unspecified atom stereocenters. The molecule has 20 heavy (non-hydrogen) atoms. The van der Waals surface area contributed by atoms with Crippen LogP contribution in [0.3, 0.4) is 0 Å². The highest BCUT2D eigenvalue weighted by Gasteiger charge is 2.23. The van der Waals surface area contributed by atoms with E-state index in [9.17, 15) is 0 Å². The third kappa shape index (κ3) is 2.63. The van der Waals surface area contributed by atoms with Gasteiger partial charge in [-0.3, -0.25) is 0 Å². The predicted octanol–water partition coefficient (Wildman–Crippen LogP) is 3.19. The molecule has 1 aliphatic carbocycles.